The largest absolute Gasteiger partial charge is 0.480 e. The van der Waals surface area contributed by atoms with E-state index in [4.69, 9.17) is 14.2 Å². The molecule has 0 aliphatic heterocycles. The molecule has 1 heterocycles. The molecule has 0 saturated heterocycles. The molecule has 0 aromatic carbocycles. The van der Waals surface area contributed by atoms with Gasteiger partial charge in [-0.2, -0.15) is 4.98 Å². The minimum absolute atomic E-state index is 0.0127. The molecule has 0 aliphatic carbocycles. The van der Waals surface area contributed by atoms with Gasteiger partial charge in [0.2, 0.25) is 5.88 Å². The highest BCUT2D eigenvalue weighted by atomic mass is 16.6. The molecule has 7 nitrogen and oxygen atoms in total. The van der Waals surface area contributed by atoms with Crippen molar-refractivity contribution in [2.24, 2.45) is 0 Å². The Labute approximate surface area is 143 Å². The molecular weight excluding hydrogens is 310 g/mol. The third-order valence-electron chi connectivity index (χ3n) is 3.25. The molecule has 0 bridgehead atoms. The Hall–Kier alpha value is -2.31. The molecule has 0 spiro atoms. The summed E-state index contributed by atoms with van der Waals surface area (Å²) in [6.07, 6.45) is 5.75. The maximum atomic E-state index is 12.0. The van der Waals surface area contributed by atoms with Crippen LogP contribution in [0.1, 0.15) is 39.7 Å². The number of nitrogens with zero attached hydrogens (tertiary/aromatic N) is 3. The van der Waals surface area contributed by atoms with Crippen molar-refractivity contribution in [1.29, 1.82) is 0 Å². The SMILES string of the molecule is COc1ncc(/C=C/CC(C)N(C)C(=O)OC(C)(C)C)c(OC)n1. The first kappa shape index (κ1) is 19.7. The van der Waals surface area contributed by atoms with Gasteiger partial charge in [-0.25, -0.2) is 9.78 Å². The zero-order chi connectivity index (χ0) is 18.3. The highest BCUT2D eigenvalue weighted by Crippen LogP contribution is 2.19. The van der Waals surface area contributed by atoms with E-state index < -0.39 is 5.60 Å². The van der Waals surface area contributed by atoms with Crippen molar-refractivity contribution < 1.29 is 19.0 Å². The summed E-state index contributed by atoms with van der Waals surface area (Å²) in [6, 6.07) is 0.239. The van der Waals surface area contributed by atoms with Gasteiger partial charge >= 0.3 is 12.1 Å². The van der Waals surface area contributed by atoms with E-state index in [2.05, 4.69) is 9.97 Å². The van der Waals surface area contributed by atoms with Gasteiger partial charge in [0.15, 0.2) is 0 Å². The first-order valence-electron chi connectivity index (χ1n) is 7.75. The van der Waals surface area contributed by atoms with Crippen LogP contribution in [-0.2, 0) is 4.74 Å². The van der Waals surface area contributed by atoms with Crippen LogP contribution in [0.2, 0.25) is 0 Å². The van der Waals surface area contributed by atoms with E-state index in [0.717, 1.165) is 5.56 Å². The average molecular weight is 337 g/mol. The molecule has 1 aromatic heterocycles. The van der Waals surface area contributed by atoms with Crippen molar-refractivity contribution in [2.75, 3.05) is 21.3 Å². The number of rotatable bonds is 6. The lowest BCUT2D eigenvalue weighted by molar-refractivity contribution is 0.0238. The number of amides is 1. The first-order valence-corrected chi connectivity index (χ1v) is 7.75. The molecule has 0 aliphatic rings. The van der Waals surface area contributed by atoms with Crippen LogP contribution in [-0.4, -0.2) is 53.9 Å². The van der Waals surface area contributed by atoms with Crippen LogP contribution in [0.25, 0.3) is 6.08 Å². The summed E-state index contributed by atoms with van der Waals surface area (Å²) < 4.78 is 15.5. The van der Waals surface area contributed by atoms with Crippen molar-refractivity contribution in [3.63, 3.8) is 0 Å². The average Bonchev–Trinajstić information content (AvgIpc) is 2.52. The molecule has 0 N–H and O–H groups in total. The maximum absolute atomic E-state index is 12.0. The fraction of sp³-hybridized carbons (Fsp3) is 0.588. The second kappa shape index (κ2) is 8.52. The lowest BCUT2D eigenvalue weighted by Gasteiger charge is -2.28. The Morgan fingerprint density at radius 1 is 1.33 bits per heavy atom. The quantitative estimate of drug-likeness (QED) is 0.794. The van der Waals surface area contributed by atoms with Crippen LogP contribution in [0.4, 0.5) is 4.79 Å². The normalized spacial score (nSPS) is 12.8. The van der Waals surface area contributed by atoms with Gasteiger partial charge in [0, 0.05) is 19.3 Å². The molecule has 1 rings (SSSR count). The molecule has 0 saturated carbocycles. The summed E-state index contributed by atoms with van der Waals surface area (Å²) in [5.74, 6) is 0.436. The molecule has 1 atom stereocenters. The molecule has 1 unspecified atom stereocenters. The fourth-order valence-corrected chi connectivity index (χ4v) is 1.80. The summed E-state index contributed by atoms with van der Waals surface area (Å²) in [6.45, 7) is 7.49. The summed E-state index contributed by atoms with van der Waals surface area (Å²) >= 11 is 0. The van der Waals surface area contributed by atoms with Gasteiger partial charge in [0.25, 0.3) is 0 Å². The van der Waals surface area contributed by atoms with E-state index in [1.165, 1.54) is 14.2 Å². The van der Waals surface area contributed by atoms with Gasteiger partial charge in [0.05, 0.1) is 19.8 Å². The minimum Gasteiger partial charge on any atom is -0.480 e. The molecule has 1 amide bonds. The van der Waals surface area contributed by atoms with Crippen LogP contribution in [0.5, 0.6) is 11.9 Å². The van der Waals surface area contributed by atoms with Crippen LogP contribution < -0.4 is 9.47 Å². The Kier molecular flexibility index (Phi) is 7.00. The number of carbonyl (C=O) groups excluding carboxylic acids is 1. The Balaban J connectivity index is 2.68. The summed E-state index contributed by atoms with van der Waals surface area (Å²) in [5.41, 5.74) is 0.236. The van der Waals surface area contributed by atoms with Crippen molar-refractivity contribution in [3.05, 3.63) is 17.8 Å². The predicted octanol–water partition coefficient (Wildman–Crippen LogP) is 3.15. The molecule has 0 fully saturated rings. The molecule has 0 radical (unpaired) electrons. The van der Waals surface area contributed by atoms with Gasteiger partial charge < -0.3 is 19.1 Å². The summed E-state index contributed by atoms with van der Waals surface area (Å²) in [7, 11) is 4.76. The molecular formula is C17H27N3O4. The zero-order valence-electron chi connectivity index (χ0n) is 15.5. The van der Waals surface area contributed by atoms with Gasteiger partial charge in [-0.05, 0) is 34.1 Å². The molecule has 1 aromatic rings. The highest BCUT2D eigenvalue weighted by molar-refractivity contribution is 5.68. The topological polar surface area (TPSA) is 73.8 Å². The van der Waals surface area contributed by atoms with E-state index in [1.54, 1.807) is 18.1 Å². The number of ether oxygens (including phenoxy) is 3. The Morgan fingerprint density at radius 3 is 2.54 bits per heavy atom. The van der Waals surface area contributed by atoms with Crippen LogP contribution >= 0.6 is 0 Å². The van der Waals surface area contributed by atoms with E-state index >= 15 is 0 Å². The Morgan fingerprint density at radius 2 is 2.00 bits per heavy atom. The lowest BCUT2D eigenvalue weighted by atomic mass is 10.2. The van der Waals surface area contributed by atoms with Crippen molar-refractivity contribution in [2.45, 2.75) is 45.8 Å². The van der Waals surface area contributed by atoms with E-state index in [1.807, 2.05) is 39.8 Å². The number of methoxy groups -OCH3 is 2. The number of carbonyl (C=O) groups is 1. The number of hydrogen-bond donors (Lipinski definition) is 0. The summed E-state index contributed by atoms with van der Waals surface area (Å²) in [4.78, 5) is 21.8. The predicted molar refractivity (Wildman–Crippen MR) is 92.2 cm³/mol. The number of hydrogen-bond acceptors (Lipinski definition) is 6. The van der Waals surface area contributed by atoms with Gasteiger partial charge in [-0.15, -0.1) is 0 Å². The third-order valence-corrected chi connectivity index (χ3v) is 3.25. The van der Waals surface area contributed by atoms with Crippen molar-refractivity contribution in [1.82, 2.24) is 14.9 Å². The van der Waals surface area contributed by atoms with E-state index in [-0.39, 0.29) is 18.1 Å². The van der Waals surface area contributed by atoms with Gasteiger partial charge in [-0.1, -0.05) is 12.2 Å². The van der Waals surface area contributed by atoms with E-state index in [9.17, 15) is 4.79 Å². The molecule has 134 valence electrons. The standard InChI is InChI=1S/C17H27N3O4/c1-12(20(5)16(21)24-17(2,3)4)9-8-10-13-11-18-15(23-7)19-14(13)22-6/h8,10-12H,9H2,1-7H3/b10-8+. The molecule has 24 heavy (non-hydrogen) atoms. The van der Waals surface area contributed by atoms with Crippen LogP contribution in [0.15, 0.2) is 12.3 Å². The van der Waals surface area contributed by atoms with Crippen molar-refractivity contribution >= 4 is 12.2 Å². The fourth-order valence-electron chi connectivity index (χ4n) is 1.80. The smallest absolute Gasteiger partial charge is 0.410 e. The second-order valence-corrected chi connectivity index (χ2v) is 6.40. The Bertz CT molecular complexity index is 582. The molecule has 7 heteroatoms. The van der Waals surface area contributed by atoms with Crippen LogP contribution in [0, 0.1) is 0 Å². The van der Waals surface area contributed by atoms with E-state index in [0.29, 0.717) is 12.3 Å². The van der Waals surface area contributed by atoms with Crippen molar-refractivity contribution in [3.8, 4) is 11.9 Å². The minimum atomic E-state index is -0.505. The van der Waals surface area contributed by atoms with Gasteiger partial charge in [-0.3, -0.25) is 0 Å². The third kappa shape index (κ3) is 6.06. The maximum Gasteiger partial charge on any atom is 0.410 e. The number of aromatic nitrogens is 2. The summed E-state index contributed by atoms with van der Waals surface area (Å²) in [5, 5.41) is 0. The monoisotopic (exact) mass is 337 g/mol. The first-order chi connectivity index (χ1) is 11.2. The highest BCUT2D eigenvalue weighted by Gasteiger charge is 2.22. The van der Waals surface area contributed by atoms with Gasteiger partial charge in [0.1, 0.15) is 5.60 Å². The lowest BCUT2D eigenvalue weighted by Crippen LogP contribution is -2.39. The second-order valence-electron chi connectivity index (χ2n) is 6.40. The van der Waals surface area contributed by atoms with Crippen LogP contribution in [0.3, 0.4) is 0 Å². The zero-order valence-corrected chi connectivity index (χ0v) is 15.5.